The molecule has 5 nitrogen and oxygen atoms in total. The summed E-state index contributed by atoms with van der Waals surface area (Å²) in [7, 11) is 0. The second kappa shape index (κ2) is 8.70. The Bertz CT molecular complexity index is 706. The maximum atomic E-state index is 12.2. The lowest BCUT2D eigenvalue weighted by Gasteiger charge is -2.35. The standard InChI is InChI=1S/C19H25F2N3O2/c1-14-19(15(2)24(22-14)16-6-4-3-5-7-16)17-12-25-10-8-23(17)9-11-26-13-18(20)21/h3-7,17-18H,8-13H2,1-2H3. The summed E-state index contributed by atoms with van der Waals surface area (Å²) in [6.07, 6.45) is -2.43. The van der Waals surface area contributed by atoms with Gasteiger partial charge in [-0.25, -0.2) is 13.5 Å². The molecular formula is C19H25F2N3O2. The predicted octanol–water partition coefficient (Wildman–Crippen LogP) is 3.14. The number of halogens is 2. The van der Waals surface area contributed by atoms with E-state index in [9.17, 15) is 8.78 Å². The van der Waals surface area contributed by atoms with Crippen LogP contribution in [-0.2, 0) is 9.47 Å². The van der Waals surface area contributed by atoms with Gasteiger partial charge in [0, 0.05) is 24.3 Å². The van der Waals surface area contributed by atoms with Crippen LogP contribution in [-0.4, -0.2) is 60.6 Å². The number of para-hydroxylation sites is 1. The highest BCUT2D eigenvalue weighted by atomic mass is 19.3. The third-order valence-electron chi connectivity index (χ3n) is 4.69. The van der Waals surface area contributed by atoms with E-state index in [4.69, 9.17) is 14.6 Å². The Kier molecular flexibility index (Phi) is 6.34. The highest BCUT2D eigenvalue weighted by molar-refractivity contribution is 5.38. The molecule has 1 aromatic heterocycles. The molecule has 1 aromatic carbocycles. The SMILES string of the molecule is Cc1nn(-c2ccccc2)c(C)c1C1COCCN1CCOCC(F)F. The number of aryl methyl sites for hydroxylation is 1. The maximum absolute atomic E-state index is 12.2. The van der Waals surface area contributed by atoms with Gasteiger partial charge in [-0.2, -0.15) is 5.10 Å². The Morgan fingerprint density at radius 1 is 1.27 bits per heavy atom. The van der Waals surface area contributed by atoms with Gasteiger partial charge in [0.05, 0.1) is 37.2 Å². The maximum Gasteiger partial charge on any atom is 0.261 e. The number of nitrogens with zero attached hydrogens (tertiary/aromatic N) is 3. The summed E-state index contributed by atoms with van der Waals surface area (Å²) in [6.45, 7) is 6.37. The Labute approximate surface area is 152 Å². The lowest BCUT2D eigenvalue weighted by molar-refractivity contribution is -0.0340. The zero-order valence-corrected chi connectivity index (χ0v) is 15.2. The number of morpholine rings is 1. The quantitative estimate of drug-likeness (QED) is 0.707. The molecule has 2 aromatic rings. The number of hydrogen-bond acceptors (Lipinski definition) is 4. The van der Waals surface area contributed by atoms with Crippen LogP contribution in [0.15, 0.2) is 30.3 Å². The minimum absolute atomic E-state index is 0.0522. The monoisotopic (exact) mass is 365 g/mol. The summed E-state index contributed by atoms with van der Waals surface area (Å²) >= 11 is 0. The molecule has 1 atom stereocenters. The molecule has 26 heavy (non-hydrogen) atoms. The molecule has 1 aliphatic rings. The van der Waals surface area contributed by atoms with Crippen molar-refractivity contribution in [1.82, 2.24) is 14.7 Å². The fourth-order valence-electron chi connectivity index (χ4n) is 3.48. The topological polar surface area (TPSA) is 39.5 Å². The molecule has 0 N–H and O–H groups in total. The highest BCUT2D eigenvalue weighted by Crippen LogP contribution is 2.30. The van der Waals surface area contributed by atoms with E-state index < -0.39 is 13.0 Å². The van der Waals surface area contributed by atoms with Gasteiger partial charge >= 0.3 is 0 Å². The van der Waals surface area contributed by atoms with E-state index in [1.54, 1.807) is 0 Å². The van der Waals surface area contributed by atoms with Crippen molar-refractivity contribution in [2.45, 2.75) is 26.3 Å². The van der Waals surface area contributed by atoms with Gasteiger partial charge in [-0.15, -0.1) is 0 Å². The summed E-state index contributed by atoms with van der Waals surface area (Å²) in [6, 6.07) is 10.1. The van der Waals surface area contributed by atoms with Gasteiger partial charge in [-0.1, -0.05) is 18.2 Å². The predicted molar refractivity (Wildman–Crippen MR) is 95.0 cm³/mol. The first kappa shape index (κ1) is 18.9. The Hall–Kier alpha value is -1.83. The van der Waals surface area contributed by atoms with Crippen molar-refractivity contribution in [3.8, 4) is 5.69 Å². The van der Waals surface area contributed by atoms with Gasteiger partial charge in [0.2, 0.25) is 0 Å². The molecule has 142 valence electrons. The van der Waals surface area contributed by atoms with E-state index in [0.29, 0.717) is 19.8 Å². The fourth-order valence-corrected chi connectivity index (χ4v) is 3.48. The van der Waals surface area contributed by atoms with Crippen molar-refractivity contribution >= 4 is 0 Å². The first-order chi connectivity index (χ1) is 12.6. The minimum Gasteiger partial charge on any atom is -0.378 e. The number of alkyl halides is 2. The Morgan fingerprint density at radius 2 is 2.04 bits per heavy atom. The van der Waals surface area contributed by atoms with E-state index in [1.165, 1.54) is 0 Å². The van der Waals surface area contributed by atoms with Crippen molar-refractivity contribution in [2.24, 2.45) is 0 Å². The summed E-state index contributed by atoms with van der Waals surface area (Å²) in [5.74, 6) is 0. The summed E-state index contributed by atoms with van der Waals surface area (Å²) in [5, 5.41) is 4.71. The molecule has 0 radical (unpaired) electrons. The van der Waals surface area contributed by atoms with Crippen molar-refractivity contribution in [3.63, 3.8) is 0 Å². The second-order valence-electron chi connectivity index (χ2n) is 6.42. The van der Waals surface area contributed by atoms with Gasteiger partial charge in [-0.05, 0) is 26.0 Å². The van der Waals surface area contributed by atoms with E-state index in [2.05, 4.69) is 11.8 Å². The Balaban J connectivity index is 1.78. The first-order valence-corrected chi connectivity index (χ1v) is 8.87. The van der Waals surface area contributed by atoms with E-state index in [1.807, 2.05) is 41.9 Å². The molecule has 1 saturated heterocycles. The number of benzene rings is 1. The zero-order valence-electron chi connectivity index (χ0n) is 15.2. The molecule has 0 spiro atoms. The van der Waals surface area contributed by atoms with Crippen molar-refractivity contribution in [2.75, 3.05) is 39.5 Å². The van der Waals surface area contributed by atoms with Crippen LogP contribution in [0.5, 0.6) is 0 Å². The van der Waals surface area contributed by atoms with Gasteiger partial charge in [0.25, 0.3) is 6.43 Å². The summed E-state index contributed by atoms with van der Waals surface area (Å²) in [4.78, 5) is 2.24. The van der Waals surface area contributed by atoms with Crippen molar-refractivity contribution < 1.29 is 18.3 Å². The normalized spacial score (nSPS) is 18.6. The highest BCUT2D eigenvalue weighted by Gasteiger charge is 2.29. The van der Waals surface area contributed by atoms with Crippen LogP contribution < -0.4 is 0 Å². The van der Waals surface area contributed by atoms with Crippen LogP contribution in [0.2, 0.25) is 0 Å². The molecule has 0 bridgehead atoms. The number of aromatic nitrogens is 2. The number of rotatable bonds is 7. The zero-order chi connectivity index (χ0) is 18.5. The van der Waals surface area contributed by atoms with Crippen molar-refractivity contribution in [3.05, 3.63) is 47.3 Å². The minimum atomic E-state index is -2.43. The molecule has 0 aliphatic carbocycles. The Morgan fingerprint density at radius 3 is 2.77 bits per heavy atom. The number of hydrogen-bond donors (Lipinski definition) is 0. The molecule has 2 heterocycles. The third kappa shape index (κ3) is 4.28. The molecule has 7 heteroatoms. The fraction of sp³-hybridized carbons (Fsp3) is 0.526. The van der Waals surface area contributed by atoms with Gasteiger partial charge in [0.15, 0.2) is 0 Å². The molecule has 1 fully saturated rings. The summed E-state index contributed by atoms with van der Waals surface area (Å²) < 4.78 is 37.2. The number of ether oxygens (including phenoxy) is 2. The molecule has 0 saturated carbocycles. The van der Waals surface area contributed by atoms with Crippen LogP contribution in [0.4, 0.5) is 8.78 Å². The molecule has 0 amide bonds. The van der Waals surface area contributed by atoms with E-state index in [0.717, 1.165) is 29.2 Å². The van der Waals surface area contributed by atoms with Crippen LogP contribution in [0.25, 0.3) is 5.69 Å². The van der Waals surface area contributed by atoms with Gasteiger partial charge < -0.3 is 9.47 Å². The van der Waals surface area contributed by atoms with Crippen LogP contribution >= 0.6 is 0 Å². The first-order valence-electron chi connectivity index (χ1n) is 8.87. The van der Waals surface area contributed by atoms with Crippen molar-refractivity contribution in [1.29, 1.82) is 0 Å². The molecular weight excluding hydrogens is 340 g/mol. The van der Waals surface area contributed by atoms with Gasteiger partial charge in [0.1, 0.15) is 6.61 Å². The molecule has 1 aliphatic heterocycles. The van der Waals surface area contributed by atoms with E-state index in [-0.39, 0.29) is 12.6 Å². The largest absolute Gasteiger partial charge is 0.378 e. The lowest BCUT2D eigenvalue weighted by atomic mass is 10.0. The van der Waals surface area contributed by atoms with Crippen LogP contribution in [0.1, 0.15) is 23.0 Å². The van der Waals surface area contributed by atoms with Crippen LogP contribution in [0, 0.1) is 13.8 Å². The third-order valence-corrected chi connectivity index (χ3v) is 4.69. The molecule has 3 rings (SSSR count). The average molecular weight is 365 g/mol. The lowest BCUT2D eigenvalue weighted by Crippen LogP contribution is -2.41. The smallest absolute Gasteiger partial charge is 0.261 e. The summed E-state index contributed by atoms with van der Waals surface area (Å²) in [5.41, 5.74) is 4.19. The van der Waals surface area contributed by atoms with Gasteiger partial charge in [-0.3, -0.25) is 4.90 Å². The van der Waals surface area contributed by atoms with Crippen LogP contribution in [0.3, 0.4) is 0 Å². The molecule has 1 unspecified atom stereocenters. The van der Waals surface area contributed by atoms with E-state index >= 15 is 0 Å². The second-order valence-corrected chi connectivity index (χ2v) is 6.42. The average Bonchev–Trinajstić information content (AvgIpc) is 2.94.